The molecule has 6 heteroatoms. The molecule has 0 amide bonds. The molecule has 7 rings (SSSR count). The smallest absolute Gasteiger partial charge is 0.137 e. The van der Waals surface area contributed by atoms with Gasteiger partial charge in [-0.15, -0.1) is 0 Å². The third-order valence-corrected chi connectivity index (χ3v) is 7.93. The number of hydrogen-bond acceptors (Lipinski definition) is 3. The van der Waals surface area contributed by atoms with Gasteiger partial charge in [0.2, 0.25) is 0 Å². The van der Waals surface area contributed by atoms with Crippen LogP contribution in [0.2, 0.25) is 0 Å². The minimum absolute atomic E-state index is 0.467. The molecule has 0 unspecified atom stereocenters. The molecule has 0 bridgehead atoms. The van der Waals surface area contributed by atoms with Crippen LogP contribution in [0, 0.1) is 27.7 Å². The highest BCUT2D eigenvalue weighted by molar-refractivity contribution is 6.09. The van der Waals surface area contributed by atoms with Crippen LogP contribution in [0.1, 0.15) is 27.8 Å². The third-order valence-electron chi connectivity index (χ3n) is 7.93. The fraction of sp³-hybridized carbons (Fsp3) is 0.135. The maximum absolute atomic E-state index is 13.3. The van der Waals surface area contributed by atoms with Gasteiger partial charge in [-0.1, -0.05) is 30.3 Å². The van der Waals surface area contributed by atoms with Crippen LogP contribution in [0.3, 0.4) is 0 Å². The number of fused-ring (bicyclic) bond motifs is 3. The average Bonchev–Trinajstić information content (AvgIpc) is 3.59. The van der Waals surface area contributed by atoms with E-state index < -0.39 is 6.67 Å². The van der Waals surface area contributed by atoms with E-state index in [9.17, 15) is 4.39 Å². The average molecular weight is 567 g/mol. The molecule has 0 aliphatic carbocycles. The van der Waals surface area contributed by atoms with Crippen molar-refractivity contribution in [3.8, 4) is 34.1 Å². The van der Waals surface area contributed by atoms with Crippen LogP contribution < -0.4 is 4.74 Å². The van der Waals surface area contributed by atoms with E-state index in [0.29, 0.717) is 5.56 Å². The first kappa shape index (κ1) is 26.7. The number of ether oxygens (including phenoxy) is 1. The lowest BCUT2D eigenvalue weighted by Crippen LogP contribution is -1.98. The third kappa shape index (κ3) is 4.85. The first-order chi connectivity index (χ1) is 20.9. The van der Waals surface area contributed by atoms with Crippen LogP contribution in [-0.2, 0) is 6.67 Å². The van der Waals surface area contributed by atoms with Crippen molar-refractivity contribution in [2.24, 2.45) is 0 Å². The standard InChI is InChI=1S/C37H31FN4O/c1-23-11-12-39-36(15-23)42-34-8-6-5-7-32(34)33-10-9-30(19-35(33)42)43-31-14-24(2)13-29(18-31)41-22-28(21-40-41)37-25(3)16-27(20-38)17-26(37)4/h5-19,21-22H,20H2,1-4H3. The predicted octanol–water partition coefficient (Wildman–Crippen LogP) is 9.53. The van der Waals surface area contributed by atoms with Gasteiger partial charge in [0, 0.05) is 40.9 Å². The van der Waals surface area contributed by atoms with E-state index in [-0.39, 0.29) is 0 Å². The topological polar surface area (TPSA) is 44.9 Å². The quantitative estimate of drug-likeness (QED) is 0.201. The van der Waals surface area contributed by atoms with Crippen molar-refractivity contribution in [1.29, 1.82) is 0 Å². The molecule has 0 aliphatic heterocycles. The molecule has 4 aromatic carbocycles. The van der Waals surface area contributed by atoms with E-state index in [1.54, 1.807) is 0 Å². The fourth-order valence-corrected chi connectivity index (χ4v) is 6.14. The molecule has 3 aromatic heterocycles. The summed E-state index contributed by atoms with van der Waals surface area (Å²) in [7, 11) is 0. The van der Waals surface area contributed by atoms with Gasteiger partial charge in [0.05, 0.1) is 22.9 Å². The Bertz CT molecular complexity index is 2130. The largest absolute Gasteiger partial charge is 0.457 e. The lowest BCUT2D eigenvalue weighted by Gasteiger charge is -2.12. The van der Waals surface area contributed by atoms with E-state index in [1.807, 2.05) is 73.5 Å². The molecule has 0 fully saturated rings. The zero-order chi connectivity index (χ0) is 29.7. The van der Waals surface area contributed by atoms with Gasteiger partial charge >= 0.3 is 0 Å². The second kappa shape index (κ2) is 10.6. The van der Waals surface area contributed by atoms with E-state index in [4.69, 9.17) is 9.72 Å². The van der Waals surface area contributed by atoms with Crippen LogP contribution in [0.15, 0.2) is 104 Å². The minimum atomic E-state index is -0.467. The number of rotatable bonds is 6. The summed E-state index contributed by atoms with van der Waals surface area (Å²) >= 11 is 0. The van der Waals surface area contributed by atoms with Crippen LogP contribution >= 0.6 is 0 Å². The van der Waals surface area contributed by atoms with Gasteiger partial charge in [-0.2, -0.15) is 5.10 Å². The van der Waals surface area contributed by atoms with Crippen molar-refractivity contribution >= 4 is 21.8 Å². The summed E-state index contributed by atoms with van der Waals surface area (Å²) in [6, 6.07) is 28.6. The molecule has 0 atom stereocenters. The molecule has 212 valence electrons. The van der Waals surface area contributed by atoms with Crippen molar-refractivity contribution < 1.29 is 9.13 Å². The van der Waals surface area contributed by atoms with Gasteiger partial charge in [0.25, 0.3) is 0 Å². The molecule has 0 saturated carbocycles. The van der Waals surface area contributed by atoms with Crippen molar-refractivity contribution in [1.82, 2.24) is 19.3 Å². The van der Waals surface area contributed by atoms with Crippen LogP contribution in [0.25, 0.3) is 44.4 Å². The van der Waals surface area contributed by atoms with Gasteiger partial charge in [0.1, 0.15) is 24.0 Å². The Hall–Kier alpha value is -5.23. The first-order valence-corrected chi connectivity index (χ1v) is 14.4. The Morgan fingerprint density at radius 3 is 2.33 bits per heavy atom. The Labute approximate surface area is 249 Å². The van der Waals surface area contributed by atoms with Crippen LogP contribution in [0.5, 0.6) is 11.5 Å². The van der Waals surface area contributed by atoms with Gasteiger partial charge in [0.15, 0.2) is 0 Å². The molecular weight excluding hydrogens is 535 g/mol. The highest BCUT2D eigenvalue weighted by atomic mass is 19.1. The van der Waals surface area contributed by atoms with Crippen LogP contribution in [0.4, 0.5) is 4.39 Å². The molecule has 3 heterocycles. The van der Waals surface area contributed by atoms with E-state index in [2.05, 4.69) is 72.0 Å². The predicted molar refractivity (Wildman–Crippen MR) is 171 cm³/mol. The van der Waals surface area contributed by atoms with Crippen molar-refractivity contribution in [3.05, 3.63) is 131 Å². The summed E-state index contributed by atoms with van der Waals surface area (Å²) < 4.78 is 23.8. The summed E-state index contributed by atoms with van der Waals surface area (Å²) in [5.74, 6) is 2.34. The normalized spacial score (nSPS) is 11.5. The number of para-hydroxylation sites is 1. The number of halogens is 1. The van der Waals surface area contributed by atoms with Gasteiger partial charge < -0.3 is 4.74 Å². The zero-order valence-corrected chi connectivity index (χ0v) is 24.6. The number of aromatic nitrogens is 4. The highest BCUT2D eigenvalue weighted by Gasteiger charge is 2.15. The lowest BCUT2D eigenvalue weighted by molar-refractivity contribution is 0.482. The van der Waals surface area contributed by atoms with Gasteiger partial charge in [-0.3, -0.25) is 4.57 Å². The lowest BCUT2D eigenvalue weighted by atomic mass is 9.96. The summed E-state index contributed by atoms with van der Waals surface area (Å²) in [5, 5.41) is 6.99. The SMILES string of the molecule is Cc1cc(Oc2ccc3c4ccccc4n(-c4cc(C)ccn4)c3c2)cc(-n2cc(-c3c(C)cc(CF)cc3C)cn2)c1. The summed E-state index contributed by atoms with van der Waals surface area (Å²) in [6.45, 7) is 7.70. The molecule has 0 spiro atoms. The Morgan fingerprint density at radius 2 is 1.53 bits per heavy atom. The van der Waals surface area contributed by atoms with Crippen molar-refractivity contribution in [2.75, 3.05) is 0 Å². The Balaban J connectivity index is 1.26. The van der Waals surface area contributed by atoms with Crippen molar-refractivity contribution in [2.45, 2.75) is 34.4 Å². The number of aryl methyl sites for hydroxylation is 4. The molecule has 0 N–H and O–H groups in total. The monoisotopic (exact) mass is 566 g/mol. The second-order valence-corrected chi connectivity index (χ2v) is 11.2. The summed E-state index contributed by atoms with van der Waals surface area (Å²) in [5.41, 5.74) is 10.1. The molecule has 0 aliphatic rings. The minimum Gasteiger partial charge on any atom is -0.457 e. The van der Waals surface area contributed by atoms with Crippen molar-refractivity contribution in [3.63, 3.8) is 0 Å². The van der Waals surface area contributed by atoms with E-state index in [1.165, 1.54) is 5.39 Å². The molecule has 5 nitrogen and oxygen atoms in total. The molecule has 43 heavy (non-hydrogen) atoms. The van der Waals surface area contributed by atoms with Crippen LogP contribution in [-0.4, -0.2) is 19.3 Å². The van der Waals surface area contributed by atoms with Gasteiger partial charge in [-0.05, 0) is 104 Å². The number of hydrogen-bond donors (Lipinski definition) is 0. The maximum atomic E-state index is 13.3. The number of pyridine rings is 1. The van der Waals surface area contributed by atoms with Gasteiger partial charge in [-0.25, -0.2) is 14.1 Å². The molecule has 0 saturated heterocycles. The Morgan fingerprint density at radius 1 is 0.744 bits per heavy atom. The summed E-state index contributed by atoms with van der Waals surface area (Å²) in [4.78, 5) is 4.69. The highest BCUT2D eigenvalue weighted by Crippen LogP contribution is 2.36. The van der Waals surface area contributed by atoms with E-state index >= 15 is 0 Å². The number of nitrogens with zero attached hydrogens (tertiary/aromatic N) is 4. The van der Waals surface area contributed by atoms with E-state index in [0.717, 1.165) is 72.8 Å². The molecular formula is C37H31FN4O. The molecule has 7 aromatic rings. The maximum Gasteiger partial charge on any atom is 0.137 e. The zero-order valence-electron chi connectivity index (χ0n) is 24.6. The number of benzene rings is 4. The fourth-order valence-electron chi connectivity index (χ4n) is 6.14. The summed E-state index contributed by atoms with van der Waals surface area (Å²) in [6.07, 6.45) is 5.73. The molecule has 0 radical (unpaired) electrons. The Kier molecular flexibility index (Phi) is 6.54. The number of alkyl halides is 1. The second-order valence-electron chi connectivity index (χ2n) is 11.2. The first-order valence-electron chi connectivity index (χ1n) is 14.4.